The van der Waals surface area contributed by atoms with E-state index in [9.17, 15) is 35.9 Å². The molecule has 1 aliphatic rings. The predicted octanol–water partition coefficient (Wildman–Crippen LogP) is 2.62. The number of carbonyl (C=O) groups is 2. The molecule has 18 heavy (non-hydrogen) atoms. The van der Waals surface area contributed by atoms with Crippen molar-refractivity contribution in [1.29, 1.82) is 0 Å². The molecule has 0 bridgehead atoms. The van der Waals surface area contributed by atoms with Crippen LogP contribution in [0.25, 0.3) is 0 Å². The van der Waals surface area contributed by atoms with Gasteiger partial charge in [-0.25, -0.2) is 0 Å². The van der Waals surface area contributed by atoms with Gasteiger partial charge in [0.15, 0.2) is 0 Å². The number of cyclic esters (lactones) is 1. The van der Waals surface area contributed by atoms with Gasteiger partial charge in [-0.2, -0.15) is 26.3 Å². The number of rotatable bonds is 2. The van der Waals surface area contributed by atoms with Crippen LogP contribution in [0.15, 0.2) is 0 Å². The Morgan fingerprint density at radius 3 is 2.00 bits per heavy atom. The summed E-state index contributed by atoms with van der Waals surface area (Å²) in [5.41, 5.74) is 0. The van der Waals surface area contributed by atoms with Crippen LogP contribution in [0.3, 0.4) is 0 Å². The van der Waals surface area contributed by atoms with E-state index in [-0.39, 0.29) is 0 Å². The lowest BCUT2D eigenvalue weighted by Gasteiger charge is -2.30. The van der Waals surface area contributed by atoms with Gasteiger partial charge < -0.3 is 4.74 Å². The largest absolute Gasteiger partial charge is 0.448 e. The van der Waals surface area contributed by atoms with Crippen LogP contribution in [-0.4, -0.2) is 33.7 Å². The first kappa shape index (κ1) is 15.4. The van der Waals surface area contributed by atoms with Crippen LogP contribution in [0.2, 0.25) is 0 Å². The molecule has 1 fully saturated rings. The lowest BCUT2D eigenvalue weighted by atomic mass is 10.3. The van der Waals surface area contributed by atoms with Gasteiger partial charge in [0.1, 0.15) is 5.25 Å². The molecule has 0 amide bonds. The second kappa shape index (κ2) is 4.48. The van der Waals surface area contributed by atoms with Crippen LogP contribution in [-0.2, 0) is 14.3 Å². The van der Waals surface area contributed by atoms with Crippen LogP contribution in [0, 0.1) is 0 Å². The maximum Gasteiger partial charge on any atom is 0.448 e. The van der Waals surface area contributed by atoms with Gasteiger partial charge in [0.05, 0.1) is 0 Å². The van der Waals surface area contributed by atoms with E-state index in [2.05, 4.69) is 4.74 Å². The van der Waals surface area contributed by atoms with Crippen molar-refractivity contribution in [2.24, 2.45) is 0 Å². The highest BCUT2D eigenvalue weighted by Gasteiger charge is 2.78. The molecule has 0 radical (unpaired) electrons. The van der Waals surface area contributed by atoms with Crippen LogP contribution >= 0.6 is 23.4 Å². The lowest BCUT2D eigenvalue weighted by molar-refractivity contribution is -0.327. The third-order valence-electron chi connectivity index (χ3n) is 1.91. The van der Waals surface area contributed by atoms with Crippen molar-refractivity contribution in [2.45, 2.75) is 29.0 Å². The SMILES string of the molecule is O=C(Cl)CC1SC(C(F)(F)F)(C(F)(F)F)OC1=O. The Hall–Kier alpha value is -0.640. The first-order valence-electron chi connectivity index (χ1n) is 4.13. The minimum Gasteiger partial charge on any atom is -0.428 e. The molecule has 0 aromatic rings. The molecule has 104 valence electrons. The quantitative estimate of drug-likeness (QED) is 0.446. The van der Waals surface area contributed by atoms with E-state index in [0.29, 0.717) is 0 Å². The van der Waals surface area contributed by atoms with Crippen molar-refractivity contribution in [1.82, 2.24) is 0 Å². The second-order valence-electron chi connectivity index (χ2n) is 3.20. The molecular weight excluding hydrogens is 314 g/mol. The van der Waals surface area contributed by atoms with Gasteiger partial charge in [-0.15, -0.1) is 0 Å². The van der Waals surface area contributed by atoms with Crippen LogP contribution in [0.4, 0.5) is 26.3 Å². The molecular formula is C7H3ClF6O3S. The van der Waals surface area contributed by atoms with Gasteiger partial charge in [-0.1, -0.05) is 11.8 Å². The first-order valence-corrected chi connectivity index (χ1v) is 5.39. The Morgan fingerprint density at radius 2 is 1.72 bits per heavy atom. The van der Waals surface area contributed by atoms with Crippen LogP contribution in [0.1, 0.15) is 6.42 Å². The number of esters is 1. The average molecular weight is 317 g/mol. The second-order valence-corrected chi connectivity index (χ2v) is 5.00. The summed E-state index contributed by atoms with van der Waals surface area (Å²) in [6.07, 6.45) is -12.7. The van der Waals surface area contributed by atoms with Crippen LogP contribution < -0.4 is 0 Å². The van der Waals surface area contributed by atoms with Gasteiger partial charge in [-0.05, 0) is 11.6 Å². The molecule has 11 heteroatoms. The summed E-state index contributed by atoms with van der Waals surface area (Å²) in [4.78, 5) is 16.8. The summed E-state index contributed by atoms with van der Waals surface area (Å²) < 4.78 is 78.2. The van der Waals surface area contributed by atoms with Gasteiger partial charge >= 0.3 is 23.3 Å². The molecule has 1 saturated heterocycles. The fraction of sp³-hybridized carbons (Fsp3) is 0.714. The van der Waals surface area contributed by atoms with Crippen molar-refractivity contribution in [3.63, 3.8) is 0 Å². The molecule has 3 nitrogen and oxygen atoms in total. The summed E-state index contributed by atoms with van der Waals surface area (Å²) >= 11 is 4.00. The number of ether oxygens (including phenoxy) is 1. The third kappa shape index (κ3) is 2.53. The van der Waals surface area contributed by atoms with Gasteiger partial charge in [0.2, 0.25) is 5.24 Å². The molecule has 1 atom stereocenters. The molecule has 0 aromatic carbocycles. The highest BCUT2D eigenvalue weighted by Crippen LogP contribution is 2.58. The van der Waals surface area contributed by atoms with Crippen LogP contribution in [0.5, 0.6) is 0 Å². The topological polar surface area (TPSA) is 43.4 Å². The fourth-order valence-corrected chi connectivity index (χ4v) is 2.58. The Kier molecular flexibility index (Phi) is 3.84. The summed E-state index contributed by atoms with van der Waals surface area (Å²) in [6, 6.07) is 0. The third-order valence-corrected chi connectivity index (χ3v) is 3.58. The molecule has 0 saturated carbocycles. The molecule has 1 heterocycles. The first-order chi connectivity index (χ1) is 7.91. The van der Waals surface area contributed by atoms with Crippen molar-refractivity contribution in [3.05, 3.63) is 0 Å². The maximum atomic E-state index is 12.5. The number of halogens is 7. The number of alkyl halides is 6. The summed E-state index contributed by atoms with van der Waals surface area (Å²) in [5, 5.41) is -3.16. The Morgan fingerprint density at radius 1 is 1.28 bits per heavy atom. The highest BCUT2D eigenvalue weighted by molar-refractivity contribution is 8.02. The van der Waals surface area contributed by atoms with E-state index in [4.69, 9.17) is 11.6 Å². The van der Waals surface area contributed by atoms with Gasteiger partial charge in [-0.3, -0.25) is 9.59 Å². The van der Waals surface area contributed by atoms with Gasteiger partial charge in [0, 0.05) is 6.42 Å². The summed E-state index contributed by atoms with van der Waals surface area (Å²) in [5.74, 6) is -1.77. The fourth-order valence-electron chi connectivity index (χ4n) is 1.16. The number of hydrogen-bond acceptors (Lipinski definition) is 4. The van der Waals surface area contributed by atoms with E-state index < -0.39 is 51.9 Å². The lowest BCUT2D eigenvalue weighted by Crippen LogP contribution is -2.54. The van der Waals surface area contributed by atoms with E-state index in [1.807, 2.05) is 0 Å². The van der Waals surface area contributed by atoms with Gasteiger partial charge in [0.25, 0.3) is 0 Å². The molecule has 1 rings (SSSR count). The molecule has 1 aliphatic heterocycles. The van der Waals surface area contributed by atoms with E-state index in [1.54, 1.807) is 0 Å². The minimum atomic E-state index is -5.85. The van der Waals surface area contributed by atoms with Crippen molar-refractivity contribution >= 4 is 34.6 Å². The monoisotopic (exact) mass is 316 g/mol. The van der Waals surface area contributed by atoms with E-state index in [0.717, 1.165) is 0 Å². The number of hydrogen-bond donors (Lipinski definition) is 0. The molecule has 0 spiro atoms. The standard InChI is InChI=1S/C7H3ClF6O3S/c8-3(15)1-2-4(16)17-5(18-2,6(9,10)11)7(12,13)14/h2H,1H2. The Labute approximate surface area is 105 Å². The molecule has 0 aromatic heterocycles. The number of carbonyl (C=O) groups excluding carboxylic acids is 2. The zero-order valence-corrected chi connectivity index (χ0v) is 9.64. The predicted molar refractivity (Wildman–Crippen MR) is 47.8 cm³/mol. The average Bonchev–Trinajstić information content (AvgIpc) is 2.41. The highest BCUT2D eigenvalue weighted by atomic mass is 35.5. The summed E-state index contributed by atoms with van der Waals surface area (Å²) in [7, 11) is 0. The minimum absolute atomic E-state index is 0.819. The molecule has 1 unspecified atom stereocenters. The smallest absolute Gasteiger partial charge is 0.428 e. The van der Waals surface area contributed by atoms with E-state index >= 15 is 0 Å². The zero-order chi connectivity index (χ0) is 14.4. The van der Waals surface area contributed by atoms with E-state index in [1.165, 1.54) is 0 Å². The number of thioether (sulfide) groups is 1. The Bertz CT molecular complexity index is 364. The van der Waals surface area contributed by atoms with Crippen molar-refractivity contribution < 1.29 is 40.7 Å². The molecule has 0 N–H and O–H groups in total. The van der Waals surface area contributed by atoms with Crippen molar-refractivity contribution in [3.8, 4) is 0 Å². The molecule has 0 aliphatic carbocycles. The Balaban J connectivity index is 3.12. The normalized spacial score (nSPS) is 23.9. The van der Waals surface area contributed by atoms with Crippen molar-refractivity contribution in [2.75, 3.05) is 0 Å². The summed E-state index contributed by atoms with van der Waals surface area (Å²) in [6.45, 7) is 0. The zero-order valence-electron chi connectivity index (χ0n) is 8.06. The maximum absolute atomic E-state index is 12.5.